The molecule has 16 heteroatoms. The van der Waals surface area contributed by atoms with Gasteiger partial charge in [0.15, 0.2) is 5.82 Å². The van der Waals surface area contributed by atoms with Gasteiger partial charge < -0.3 is 5.11 Å². The number of pyridine rings is 1. The van der Waals surface area contributed by atoms with E-state index in [0.29, 0.717) is 44.7 Å². The number of amides is 2. The maximum absolute atomic E-state index is 15.2. The van der Waals surface area contributed by atoms with Gasteiger partial charge in [0.25, 0.3) is 11.8 Å². The van der Waals surface area contributed by atoms with Gasteiger partial charge in [0.05, 0.1) is 40.2 Å². The summed E-state index contributed by atoms with van der Waals surface area (Å²) >= 11 is 12.5. The maximum atomic E-state index is 15.2. The molecule has 0 radical (unpaired) electrons. The van der Waals surface area contributed by atoms with E-state index in [-0.39, 0.29) is 30.1 Å². The van der Waals surface area contributed by atoms with Crippen LogP contribution >= 0.6 is 23.2 Å². The number of aryl methyl sites for hydroxylation is 1. The van der Waals surface area contributed by atoms with Gasteiger partial charge in [-0.1, -0.05) is 77.8 Å². The van der Waals surface area contributed by atoms with Crippen LogP contribution in [0.25, 0.3) is 5.69 Å². The fourth-order valence-electron chi connectivity index (χ4n) is 8.10. The zero-order chi connectivity index (χ0) is 37.6. The van der Waals surface area contributed by atoms with Crippen LogP contribution in [-0.4, -0.2) is 40.8 Å². The highest BCUT2D eigenvalue weighted by Gasteiger charge is 2.69. The maximum Gasteiger partial charge on any atom is 0.417 e. The van der Waals surface area contributed by atoms with Gasteiger partial charge in [0, 0.05) is 22.7 Å². The van der Waals surface area contributed by atoms with Crippen LogP contribution in [0.2, 0.25) is 10.0 Å². The molecule has 8 rings (SSSR count). The lowest BCUT2D eigenvalue weighted by atomic mass is 9.53. The first kappa shape index (κ1) is 34.5. The molecule has 2 N–H and O–H groups in total. The van der Waals surface area contributed by atoms with Crippen molar-refractivity contribution in [3.63, 3.8) is 0 Å². The molecule has 4 heterocycles. The van der Waals surface area contributed by atoms with Gasteiger partial charge in [-0.25, -0.2) is 28.5 Å². The highest BCUT2D eigenvalue weighted by molar-refractivity contribution is 6.33. The molecule has 1 aliphatic carbocycles. The number of carbonyl (C=O) groups is 2. The van der Waals surface area contributed by atoms with Crippen LogP contribution in [-0.2, 0) is 27.7 Å². The Kier molecular flexibility index (Phi) is 7.96. The Morgan fingerprint density at radius 3 is 2.34 bits per heavy atom. The van der Waals surface area contributed by atoms with E-state index in [1.807, 2.05) is 0 Å². The number of hydrazine groups is 1. The molecule has 1 saturated heterocycles. The number of para-hydroxylation sites is 2. The molecule has 2 fully saturated rings. The number of anilines is 1. The number of nitrogens with zero attached hydrogens (tertiary/aromatic N) is 5. The van der Waals surface area contributed by atoms with Crippen molar-refractivity contribution < 1.29 is 27.9 Å². The lowest BCUT2D eigenvalue weighted by molar-refractivity contribution is -0.139. The summed E-state index contributed by atoms with van der Waals surface area (Å²) in [4.78, 5) is 61.8. The van der Waals surface area contributed by atoms with E-state index in [9.17, 15) is 32.7 Å². The summed E-state index contributed by atoms with van der Waals surface area (Å²) in [6, 6.07) is 19.3. The monoisotopic (exact) mass is 762 g/mol. The Labute approximate surface area is 308 Å². The number of fused-ring (bicyclic) bond motifs is 4. The molecule has 0 spiro atoms. The van der Waals surface area contributed by atoms with E-state index in [2.05, 4.69) is 10.4 Å². The smallest absolute Gasteiger partial charge is 0.417 e. The molecule has 0 bridgehead atoms. The number of rotatable bonds is 5. The predicted molar refractivity (Wildman–Crippen MR) is 188 cm³/mol. The third kappa shape index (κ3) is 5.06. The molecule has 2 aromatic heterocycles. The topological polar surface area (TPSA) is 131 Å². The fraction of sp³-hybridized carbons (Fsp3) is 0.216. The lowest BCUT2D eigenvalue weighted by Crippen LogP contribution is -2.53. The zero-order valence-corrected chi connectivity index (χ0v) is 29.0. The highest BCUT2D eigenvalue weighted by atomic mass is 35.5. The first-order valence-corrected chi connectivity index (χ1v) is 17.1. The van der Waals surface area contributed by atoms with Crippen molar-refractivity contribution in [1.29, 1.82) is 0 Å². The minimum Gasteiger partial charge on any atom is -0.507 e. The van der Waals surface area contributed by atoms with Crippen LogP contribution in [0.15, 0.2) is 106 Å². The number of halogens is 5. The van der Waals surface area contributed by atoms with E-state index in [1.54, 1.807) is 85.8 Å². The molecular formula is C37H27Cl2F3N6O5. The normalized spacial score (nSPS) is 22.3. The summed E-state index contributed by atoms with van der Waals surface area (Å²) in [6.45, 7) is 1.61. The number of hydrogen-bond acceptors (Lipinski definition) is 7. The number of phenolic OH excluding ortho intramolecular Hbond substituents is 1. The average molecular weight is 764 g/mol. The van der Waals surface area contributed by atoms with Gasteiger partial charge >= 0.3 is 17.6 Å². The van der Waals surface area contributed by atoms with Crippen molar-refractivity contribution in [2.24, 2.45) is 5.92 Å². The molecular weight excluding hydrogens is 736 g/mol. The van der Waals surface area contributed by atoms with Gasteiger partial charge in [0.2, 0.25) is 0 Å². The van der Waals surface area contributed by atoms with Crippen LogP contribution in [0.3, 0.4) is 0 Å². The Morgan fingerprint density at radius 2 is 1.66 bits per heavy atom. The second-order valence-corrected chi connectivity index (χ2v) is 14.0. The Morgan fingerprint density at radius 1 is 0.943 bits per heavy atom. The number of phenols is 1. The number of allylic oxidation sites excluding steroid dienone is 2. The molecule has 2 aliphatic heterocycles. The predicted octanol–water partition coefficient (Wildman–Crippen LogP) is 6.15. The Balaban J connectivity index is 1.37. The third-order valence-electron chi connectivity index (χ3n) is 10.4. The molecule has 1 saturated carbocycles. The van der Waals surface area contributed by atoms with E-state index in [0.717, 1.165) is 4.57 Å². The van der Waals surface area contributed by atoms with E-state index >= 15 is 4.79 Å². The zero-order valence-electron chi connectivity index (χ0n) is 27.5. The van der Waals surface area contributed by atoms with E-state index in [4.69, 9.17) is 23.2 Å². The molecule has 53 heavy (non-hydrogen) atoms. The number of alkyl halides is 3. The van der Waals surface area contributed by atoms with Gasteiger partial charge in [-0.15, -0.1) is 0 Å². The van der Waals surface area contributed by atoms with E-state index < -0.39 is 63.2 Å². The van der Waals surface area contributed by atoms with Crippen LogP contribution in [0.1, 0.15) is 40.6 Å². The summed E-state index contributed by atoms with van der Waals surface area (Å²) in [5, 5.41) is 12.2. The van der Waals surface area contributed by atoms with Crippen molar-refractivity contribution in [3.8, 4) is 11.4 Å². The van der Waals surface area contributed by atoms with E-state index in [1.165, 1.54) is 9.36 Å². The molecule has 2 amide bonds. The minimum absolute atomic E-state index is 0.0701. The summed E-state index contributed by atoms with van der Waals surface area (Å²) in [7, 11) is 0. The summed E-state index contributed by atoms with van der Waals surface area (Å²) in [5.41, 5.74) is 0.289. The first-order valence-electron chi connectivity index (χ1n) is 16.4. The quantitative estimate of drug-likeness (QED) is 0.162. The second kappa shape index (κ2) is 12.2. The van der Waals surface area contributed by atoms with Crippen LogP contribution in [0.5, 0.6) is 5.75 Å². The van der Waals surface area contributed by atoms with Crippen molar-refractivity contribution in [1.82, 2.24) is 23.9 Å². The second-order valence-electron chi connectivity index (χ2n) is 13.1. The van der Waals surface area contributed by atoms with Crippen molar-refractivity contribution in [3.05, 3.63) is 150 Å². The molecule has 3 aliphatic rings. The first-order chi connectivity index (χ1) is 25.2. The van der Waals surface area contributed by atoms with Gasteiger partial charge in [0.1, 0.15) is 5.75 Å². The largest absolute Gasteiger partial charge is 0.507 e. The lowest BCUT2D eigenvalue weighted by Gasteiger charge is -2.49. The molecule has 4 atom stereocenters. The number of imide groups is 1. The van der Waals surface area contributed by atoms with Crippen molar-refractivity contribution >= 4 is 40.8 Å². The number of benzene rings is 3. The van der Waals surface area contributed by atoms with Crippen LogP contribution in [0, 0.1) is 12.8 Å². The average Bonchev–Trinajstić information content (AvgIpc) is 3.51. The highest BCUT2D eigenvalue weighted by Crippen LogP contribution is 2.63. The molecule has 3 aromatic carbocycles. The summed E-state index contributed by atoms with van der Waals surface area (Å²) < 4.78 is 43.9. The van der Waals surface area contributed by atoms with Crippen LogP contribution in [0.4, 0.5) is 19.0 Å². The Bertz CT molecular complexity index is 2500. The fourth-order valence-corrected chi connectivity index (χ4v) is 8.44. The third-order valence-corrected chi connectivity index (χ3v) is 11.0. The number of aromatic nitrogens is 4. The number of carbonyl (C=O) groups excluding carboxylic acids is 2. The number of nitrogens with one attached hydrogen (secondary N) is 1. The SMILES string of the molecule is Cc1cccc([C@H]2C3=CCn4c(=O)n(-c5ccccc5)c(=O)n4[C@@H]3C[C@H]3C(=O)N(Nc4ncc(C(F)(F)F)cc4Cl)C(=O)[C@@]23c2ccc(Cl)cc2)c1O. The molecule has 270 valence electrons. The van der Waals surface area contributed by atoms with Crippen molar-refractivity contribution in [2.75, 3.05) is 5.43 Å². The van der Waals surface area contributed by atoms with Gasteiger partial charge in [-0.2, -0.15) is 18.2 Å². The van der Waals surface area contributed by atoms with Crippen LogP contribution < -0.4 is 16.8 Å². The standard InChI is InChI=1S/C37H27Cl2F3N6O5/c1-19-6-5-9-25(30(19)49)29-24-14-15-45-34(52)46(23-7-3-2-4-8-23)35(53)48(45)28(24)17-26-32(50)47(33(51)36(26,29)20-10-12-22(38)13-11-20)44-31-27(39)16-21(18-43-31)37(40,41)42/h2-14,16,18,26,28-29,49H,15,17H2,1H3,(H,43,44)/t26-,28+,29+,36+/m0/s1. The molecule has 0 unspecified atom stereocenters. The van der Waals surface area contributed by atoms with Gasteiger partial charge in [-0.3, -0.25) is 15.0 Å². The minimum atomic E-state index is -4.76. The van der Waals surface area contributed by atoms with Crippen molar-refractivity contribution in [2.45, 2.75) is 43.4 Å². The summed E-state index contributed by atoms with van der Waals surface area (Å²) in [5.74, 6) is -4.52. The summed E-state index contributed by atoms with van der Waals surface area (Å²) in [6.07, 6.45) is -2.65. The molecule has 11 nitrogen and oxygen atoms in total. The Hall–Kier alpha value is -5.60. The molecule has 5 aromatic rings. The van der Waals surface area contributed by atoms with Gasteiger partial charge in [-0.05, 0) is 60.4 Å². The number of hydrogen-bond donors (Lipinski definition) is 2. The number of aromatic hydroxyl groups is 1.